The molecule has 8 atom stereocenters. The van der Waals surface area contributed by atoms with Gasteiger partial charge in [0.1, 0.15) is 43.2 Å². The van der Waals surface area contributed by atoms with E-state index in [-0.39, 0.29) is 12.8 Å². The molecule has 0 heterocycles. The largest absolute Gasteiger partial charge is 0.472 e. The van der Waals surface area contributed by atoms with Crippen LogP contribution in [0.1, 0.15) is 200 Å². The molecule has 0 aromatic carbocycles. The van der Waals surface area contributed by atoms with E-state index in [1.54, 1.807) is 0 Å². The van der Waals surface area contributed by atoms with Crippen molar-refractivity contribution in [2.24, 2.45) is 0 Å². The van der Waals surface area contributed by atoms with E-state index in [1.807, 2.05) is 12.2 Å². The monoisotopic (exact) mass is 877 g/mol. The van der Waals surface area contributed by atoms with Crippen LogP contribution < -0.4 is 0 Å². The highest BCUT2D eigenvalue weighted by Gasteiger charge is 2.51. The zero-order valence-corrected chi connectivity index (χ0v) is 38.2. The summed E-state index contributed by atoms with van der Waals surface area (Å²) < 4.78 is 33.5. The van der Waals surface area contributed by atoms with E-state index in [1.165, 1.54) is 122 Å². The van der Waals surface area contributed by atoms with Crippen LogP contribution in [-0.4, -0.2) is 98.3 Å². The Bertz CT molecular complexity index is 1150. The number of phosphoric ester groups is 1. The van der Waals surface area contributed by atoms with E-state index in [0.717, 1.165) is 32.1 Å². The van der Waals surface area contributed by atoms with E-state index < -0.39 is 75.7 Å². The lowest BCUT2D eigenvalue weighted by atomic mass is 9.85. The van der Waals surface area contributed by atoms with Crippen LogP contribution in [-0.2, 0) is 32.7 Å². The molecular formula is C46H85O13P. The molecule has 1 aliphatic carbocycles. The smallest absolute Gasteiger partial charge is 0.462 e. The SMILES string of the molecule is CCCCCCCCCCC/C=C/C/C=C/CCCC(=O)O[C@H](COC(=O)CCCCCCCCCCCCCCCC)COP(=O)(O)OC1C(O)C(O)C(O)[C@@H](O)C1O. The number of unbranched alkanes of at least 4 members (excludes halogenated alkanes) is 23. The summed E-state index contributed by atoms with van der Waals surface area (Å²) in [6.07, 6.45) is 26.7. The van der Waals surface area contributed by atoms with Crippen molar-refractivity contribution >= 4 is 19.8 Å². The van der Waals surface area contributed by atoms with Gasteiger partial charge in [0.05, 0.1) is 6.61 Å². The zero-order chi connectivity index (χ0) is 44.3. The number of carbonyl (C=O) groups excluding carboxylic acids is 2. The molecule has 1 aliphatic rings. The average molecular weight is 877 g/mol. The van der Waals surface area contributed by atoms with E-state index in [4.69, 9.17) is 18.5 Å². The van der Waals surface area contributed by atoms with E-state index >= 15 is 0 Å². The number of allylic oxidation sites excluding steroid dienone is 4. The second-order valence-corrected chi connectivity index (χ2v) is 18.0. The van der Waals surface area contributed by atoms with Crippen LogP contribution in [0.5, 0.6) is 0 Å². The van der Waals surface area contributed by atoms with Gasteiger partial charge in [0.15, 0.2) is 6.10 Å². The van der Waals surface area contributed by atoms with Crippen molar-refractivity contribution in [2.45, 2.75) is 243 Å². The lowest BCUT2D eigenvalue weighted by Gasteiger charge is -2.41. The van der Waals surface area contributed by atoms with Crippen LogP contribution in [0.4, 0.5) is 0 Å². The molecule has 60 heavy (non-hydrogen) atoms. The third kappa shape index (κ3) is 28.8. The minimum Gasteiger partial charge on any atom is -0.462 e. The van der Waals surface area contributed by atoms with Crippen molar-refractivity contribution in [1.29, 1.82) is 0 Å². The Balaban J connectivity index is 2.48. The Hall–Kier alpha value is -1.67. The molecule has 0 aliphatic heterocycles. The van der Waals surface area contributed by atoms with Gasteiger partial charge < -0.3 is 39.9 Å². The normalized spacial score (nSPS) is 22.3. The standard InChI is InChI=1S/C46H85O13P/c1-3-5-7-9-11-13-15-17-19-20-21-23-25-27-29-31-33-35-40(48)58-38(37-57-60(54,55)59-46-44(52)42(50)41(49)43(51)45(46)53)36-56-39(47)34-32-30-28-26-24-22-18-16-14-12-10-8-6-4-2/h21,23,27,29,38,41-46,49-53H,3-20,22,24-26,28,30-37H2,1-2H3,(H,54,55)/b23-21+,29-27+/t38-,41?,42-,43?,44?,45?,46?/m1/s1. The molecule has 0 radical (unpaired) electrons. The highest BCUT2D eigenvalue weighted by atomic mass is 31.2. The van der Waals surface area contributed by atoms with Crippen molar-refractivity contribution in [3.63, 3.8) is 0 Å². The number of aliphatic hydroxyl groups is 5. The first-order chi connectivity index (χ1) is 28.9. The lowest BCUT2D eigenvalue weighted by Crippen LogP contribution is -2.64. The highest BCUT2D eigenvalue weighted by Crippen LogP contribution is 2.47. The van der Waals surface area contributed by atoms with Crippen molar-refractivity contribution in [3.8, 4) is 0 Å². The molecule has 1 fully saturated rings. The van der Waals surface area contributed by atoms with Gasteiger partial charge in [0.25, 0.3) is 0 Å². The molecule has 6 unspecified atom stereocenters. The van der Waals surface area contributed by atoms with Gasteiger partial charge in [-0.3, -0.25) is 18.6 Å². The van der Waals surface area contributed by atoms with Crippen LogP contribution >= 0.6 is 7.82 Å². The molecule has 1 saturated carbocycles. The maximum Gasteiger partial charge on any atom is 0.472 e. The predicted molar refractivity (Wildman–Crippen MR) is 235 cm³/mol. The number of esters is 2. The fourth-order valence-electron chi connectivity index (χ4n) is 7.21. The Morgan fingerprint density at radius 2 is 0.917 bits per heavy atom. The van der Waals surface area contributed by atoms with E-state index in [9.17, 15) is 44.6 Å². The molecule has 0 aromatic rings. The number of rotatable bonds is 39. The van der Waals surface area contributed by atoms with Gasteiger partial charge >= 0.3 is 19.8 Å². The second kappa shape index (κ2) is 36.8. The van der Waals surface area contributed by atoms with Gasteiger partial charge in [-0.15, -0.1) is 0 Å². The van der Waals surface area contributed by atoms with Crippen LogP contribution in [0.15, 0.2) is 24.3 Å². The van der Waals surface area contributed by atoms with Crippen LogP contribution in [0.3, 0.4) is 0 Å². The van der Waals surface area contributed by atoms with Gasteiger partial charge in [0.2, 0.25) is 0 Å². The number of aliphatic hydroxyl groups excluding tert-OH is 5. The molecule has 6 N–H and O–H groups in total. The van der Waals surface area contributed by atoms with Crippen LogP contribution in [0.2, 0.25) is 0 Å². The summed E-state index contributed by atoms with van der Waals surface area (Å²) in [5.74, 6) is -1.14. The van der Waals surface area contributed by atoms with Crippen LogP contribution in [0.25, 0.3) is 0 Å². The first-order valence-electron chi connectivity index (χ1n) is 23.6. The maximum atomic E-state index is 12.8. The molecule has 352 valence electrons. The minimum atomic E-state index is -5.12. The fourth-order valence-corrected chi connectivity index (χ4v) is 8.18. The summed E-state index contributed by atoms with van der Waals surface area (Å²) in [6.45, 7) is 3.27. The zero-order valence-electron chi connectivity index (χ0n) is 37.3. The first-order valence-corrected chi connectivity index (χ1v) is 25.1. The molecule has 14 heteroatoms. The Kier molecular flexibility index (Phi) is 34.5. The van der Waals surface area contributed by atoms with Gasteiger partial charge in [-0.1, -0.05) is 173 Å². The number of hydrogen-bond acceptors (Lipinski definition) is 12. The third-order valence-electron chi connectivity index (χ3n) is 11.0. The molecule has 0 aromatic heterocycles. The molecular weight excluding hydrogens is 791 g/mol. The van der Waals surface area contributed by atoms with Crippen molar-refractivity contribution < 1.29 is 63.1 Å². The summed E-state index contributed by atoms with van der Waals surface area (Å²) in [6, 6.07) is 0. The Morgan fingerprint density at radius 3 is 1.40 bits per heavy atom. The summed E-state index contributed by atoms with van der Waals surface area (Å²) >= 11 is 0. The number of phosphoric acid groups is 1. The molecule has 0 bridgehead atoms. The summed E-state index contributed by atoms with van der Waals surface area (Å²) in [4.78, 5) is 35.7. The van der Waals surface area contributed by atoms with Crippen molar-refractivity contribution in [1.82, 2.24) is 0 Å². The van der Waals surface area contributed by atoms with Crippen molar-refractivity contribution in [3.05, 3.63) is 24.3 Å². The van der Waals surface area contributed by atoms with E-state index in [0.29, 0.717) is 19.3 Å². The molecule has 0 saturated heterocycles. The third-order valence-corrected chi connectivity index (χ3v) is 12.0. The maximum absolute atomic E-state index is 12.8. The van der Waals surface area contributed by atoms with Gasteiger partial charge in [0, 0.05) is 12.8 Å². The Labute approximate surface area is 362 Å². The Morgan fingerprint density at radius 1 is 0.517 bits per heavy atom. The second-order valence-electron chi connectivity index (χ2n) is 16.6. The molecule has 1 rings (SSSR count). The summed E-state index contributed by atoms with van der Waals surface area (Å²) in [5.41, 5.74) is 0. The predicted octanol–water partition coefficient (Wildman–Crippen LogP) is 9.23. The van der Waals surface area contributed by atoms with E-state index in [2.05, 4.69) is 26.0 Å². The molecule has 0 amide bonds. The lowest BCUT2D eigenvalue weighted by molar-refractivity contribution is -0.220. The minimum absolute atomic E-state index is 0.0358. The number of hydrogen-bond donors (Lipinski definition) is 6. The fraction of sp³-hybridized carbons (Fsp3) is 0.870. The summed E-state index contributed by atoms with van der Waals surface area (Å²) in [5, 5.41) is 50.1. The van der Waals surface area contributed by atoms with Gasteiger partial charge in [-0.2, -0.15) is 0 Å². The van der Waals surface area contributed by atoms with Gasteiger partial charge in [-0.25, -0.2) is 4.57 Å². The molecule has 0 spiro atoms. The number of carbonyl (C=O) groups is 2. The molecule has 13 nitrogen and oxygen atoms in total. The van der Waals surface area contributed by atoms with Crippen molar-refractivity contribution in [2.75, 3.05) is 13.2 Å². The quantitative estimate of drug-likeness (QED) is 0.0147. The highest BCUT2D eigenvalue weighted by molar-refractivity contribution is 7.47. The topological polar surface area (TPSA) is 210 Å². The number of ether oxygens (including phenoxy) is 2. The average Bonchev–Trinajstić information content (AvgIpc) is 3.23. The van der Waals surface area contributed by atoms with Crippen LogP contribution in [0, 0.1) is 0 Å². The van der Waals surface area contributed by atoms with Gasteiger partial charge in [-0.05, 0) is 38.5 Å². The first kappa shape index (κ1) is 56.3. The summed E-state index contributed by atoms with van der Waals surface area (Å²) in [7, 11) is -5.12.